The number of aryl methyl sites for hydroxylation is 4. The van der Waals surface area contributed by atoms with E-state index in [1.165, 1.54) is 7.11 Å². The molecule has 5 rings (SSSR count). The van der Waals surface area contributed by atoms with Gasteiger partial charge in [0, 0.05) is 12.1 Å². The van der Waals surface area contributed by atoms with Crippen molar-refractivity contribution in [2.75, 3.05) is 17.7 Å². The van der Waals surface area contributed by atoms with Crippen molar-refractivity contribution >= 4 is 40.1 Å². The summed E-state index contributed by atoms with van der Waals surface area (Å²) < 4.78 is 5.17. The summed E-state index contributed by atoms with van der Waals surface area (Å²) in [6.07, 6.45) is 1.36. The van der Waals surface area contributed by atoms with Gasteiger partial charge in [-0.2, -0.15) is 0 Å². The van der Waals surface area contributed by atoms with Crippen LogP contribution in [0.3, 0.4) is 0 Å². The molecule has 0 saturated heterocycles. The SMILES string of the molecule is COC(=O)C1(NC(=O)c2cc3ccccc3cc2NC(=O)Nc2c(C)cc(C)cc2C)CCc2ccccc2C1. The van der Waals surface area contributed by atoms with Crippen LogP contribution in [0.25, 0.3) is 10.8 Å². The van der Waals surface area contributed by atoms with Crippen molar-refractivity contribution in [2.24, 2.45) is 0 Å². The number of hydrogen-bond acceptors (Lipinski definition) is 4. The van der Waals surface area contributed by atoms with Gasteiger partial charge in [0.15, 0.2) is 0 Å². The number of carbonyl (C=O) groups is 3. The van der Waals surface area contributed by atoms with Crippen LogP contribution in [0, 0.1) is 20.8 Å². The van der Waals surface area contributed by atoms with Crippen LogP contribution in [-0.2, 0) is 22.4 Å². The number of rotatable bonds is 5. The van der Waals surface area contributed by atoms with Gasteiger partial charge in [-0.15, -0.1) is 0 Å². The summed E-state index contributed by atoms with van der Waals surface area (Å²) in [7, 11) is 1.33. The summed E-state index contributed by atoms with van der Waals surface area (Å²) >= 11 is 0. The molecule has 0 bridgehead atoms. The van der Waals surface area contributed by atoms with Crippen LogP contribution in [0.5, 0.6) is 0 Å². The molecule has 7 nitrogen and oxygen atoms in total. The fourth-order valence-electron chi connectivity index (χ4n) is 5.72. The van der Waals surface area contributed by atoms with Crippen molar-refractivity contribution in [2.45, 2.75) is 45.6 Å². The van der Waals surface area contributed by atoms with Gasteiger partial charge in [0.05, 0.1) is 18.4 Å². The highest BCUT2D eigenvalue weighted by molar-refractivity contribution is 6.11. The highest BCUT2D eigenvalue weighted by atomic mass is 16.5. The topological polar surface area (TPSA) is 96.5 Å². The molecular weight excluding hydrogens is 502 g/mol. The predicted octanol–water partition coefficient (Wildman–Crippen LogP) is 6.24. The van der Waals surface area contributed by atoms with Crippen LogP contribution in [0.1, 0.15) is 44.6 Å². The number of benzene rings is 4. The van der Waals surface area contributed by atoms with Crippen LogP contribution in [0.2, 0.25) is 0 Å². The maximum absolute atomic E-state index is 13.9. The second-order valence-corrected chi connectivity index (χ2v) is 10.6. The molecule has 1 unspecified atom stereocenters. The largest absolute Gasteiger partial charge is 0.467 e. The highest BCUT2D eigenvalue weighted by Gasteiger charge is 2.44. The van der Waals surface area contributed by atoms with E-state index >= 15 is 0 Å². The molecule has 204 valence electrons. The first-order valence-corrected chi connectivity index (χ1v) is 13.4. The van der Waals surface area contributed by atoms with Crippen molar-refractivity contribution in [3.63, 3.8) is 0 Å². The maximum Gasteiger partial charge on any atom is 0.331 e. The van der Waals surface area contributed by atoms with Gasteiger partial charge in [-0.1, -0.05) is 66.2 Å². The van der Waals surface area contributed by atoms with Gasteiger partial charge < -0.3 is 20.7 Å². The molecule has 7 heteroatoms. The number of fused-ring (bicyclic) bond motifs is 2. The molecule has 0 radical (unpaired) electrons. The predicted molar refractivity (Wildman–Crippen MR) is 158 cm³/mol. The Morgan fingerprint density at radius 1 is 0.800 bits per heavy atom. The Bertz CT molecular complexity index is 1620. The van der Waals surface area contributed by atoms with E-state index in [1.54, 1.807) is 12.1 Å². The number of carbonyl (C=O) groups excluding carboxylic acids is 3. The third kappa shape index (κ3) is 5.27. The minimum atomic E-state index is -1.22. The molecule has 3 amide bonds. The summed E-state index contributed by atoms with van der Waals surface area (Å²) in [5.74, 6) is -0.956. The third-order valence-corrected chi connectivity index (χ3v) is 7.65. The van der Waals surface area contributed by atoms with Crippen LogP contribution in [0.15, 0.2) is 72.8 Å². The van der Waals surface area contributed by atoms with Gasteiger partial charge in [-0.25, -0.2) is 9.59 Å². The summed E-state index contributed by atoms with van der Waals surface area (Å²) in [6, 6.07) is 22.6. The average molecular weight is 536 g/mol. The molecular formula is C33H33N3O4. The monoisotopic (exact) mass is 535 g/mol. The van der Waals surface area contributed by atoms with Gasteiger partial charge in [0.2, 0.25) is 0 Å². The molecule has 40 heavy (non-hydrogen) atoms. The van der Waals surface area contributed by atoms with Crippen molar-refractivity contribution in [3.05, 3.63) is 106 Å². The van der Waals surface area contributed by atoms with Gasteiger partial charge >= 0.3 is 12.0 Å². The number of ether oxygens (including phenoxy) is 1. The van der Waals surface area contributed by atoms with Crippen molar-refractivity contribution in [3.8, 4) is 0 Å². The summed E-state index contributed by atoms with van der Waals surface area (Å²) in [5.41, 5.74) is 5.26. The van der Waals surface area contributed by atoms with E-state index < -0.39 is 23.4 Å². The van der Waals surface area contributed by atoms with E-state index in [0.717, 1.165) is 44.3 Å². The number of hydrogen-bond donors (Lipinski definition) is 3. The third-order valence-electron chi connectivity index (χ3n) is 7.65. The smallest absolute Gasteiger partial charge is 0.331 e. The Balaban J connectivity index is 1.48. The summed E-state index contributed by atoms with van der Waals surface area (Å²) in [5, 5.41) is 10.5. The van der Waals surface area contributed by atoms with Crippen molar-refractivity contribution in [1.82, 2.24) is 5.32 Å². The molecule has 0 saturated carbocycles. The second-order valence-electron chi connectivity index (χ2n) is 10.6. The van der Waals surface area contributed by atoms with Gasteiger partial charge in [0.1, 0.15) is 5.54 Å². The van der Waals surface area contributed by atoms with E-state index in [2.05, 4.69) is 16.0 Å². The molecule has 4 aromatic rings. The number of nitrogens with one attached hydrogen (secondary N) is 3. The Hall–Kier alpha value is -4.65. The Morgan fingerprint density at radius 2 is 1.43 bits per heavy atom. The zero-order chi connectivity index (χ0) is 28.4. The van der Waals surface area contributed by atoms with E-state index in [4.69, 9.17) is 4.74 Å². The first-order chi connectivity index (χ1) is 19.2. The zero-order valence-corrected chi connectivity index (χ0v) is 23.2. The minimum Gasteiger partial charge on any atom is -0.467 e. The summed E-state index contributed by atoms with van der Waals surface area (Å²) in [6.45, 7) is 5.90. The minimum absolute atomic E-state index is 0.258. The standard InChI is InChI=1S/C33H33N3O4/c1-20-15-21(2)29(22(3)16-20)35-32(39)34-28-18-25-11-7-6-10-24(25)17-27(28)30(37)36-33(31(38)40-4)14-13-23-9-5-8-12-26(23)19-33/h5-12,15-18H,13-14,19H2,1-4H3,(H,36,37)(H2,34,35,39). The quantitative estimate of drug-likeness (QED) is 0.264. The van der Waals surface area contributed by atoms with Crippen LogP contribution >= 0.6 is 0 Å². The fourth-order valence-corrected chi connectivity index (χ4v) is 5.72. The number of esters is 1. The van der Waals surface area contributed by atoms with Crippen molar-refractivity contribution in [1.29, 1.82) is 0 Å². The number of urea groups is 1. The molecule has 0 fully saturated rings. The van der Waals surface area contributed by atoms with Crippen LogP contribution in [-0.4, -0.2) is 30.6 Å². The van der Waals surface area contributed by atoms with Gasteiger partial charge in [-0.05, 0) is 78.8 Å². The molecule has 4 aromatic carbocycles. The van der Waals surface area contributed by atoms with E-state index in [-0.39, 0.29) is 5.56 Å². The molecule has 1 aliphatic rings. The number of amides is 3. The molecule has 1 atom stereocenters. The lowest BCUT2D eigenvalue weighted by atomic mass is 9.77. The first-order valence-electron chi connectivity index (χ1n) is 13.4. The maximum atomic E-state index is 13.9. The molecule has 0 aromatic heterocycles. The number of anilines is 2. The van der Waals surface area contributed by atoms with E-state index in [0.29, 0.717) is 24.9 Å². The summed E-state index contributed by atoms with van der Waals surface area (Å²) in [4.78, 5) is 40.2. The highest BCUT2D eigenvalue weighted by Crippen LogP contribution is 2.32. The number of methoxy groups -OCH3 is 1. The molecule has 3 N–H and O–H groups in total. The first kappa shape index (κ1) is 26.9. The fraction of sp³-hybridized carbons (Fsp3) is 0.242. The van der Waals surface area contributed by atoms with Gasteiger partial charge in [-0.3, -0.25) is 4.79 Å². The lowest BCUT2D eigenvalue weighted by Crippen LogP contribution is -2.58. The Labute approximate surface area is 233 Å². The molecule has 0 heterocycles. The van der Waals surface area contributed by atoms with Crippen LogP contribution < -0.4 is 16.0 Å². The van der Waals surface area contributed by atoms with Crippen molar-refractivity contribution < 1.29 is 19.1 Å². The van der Waals surface area contributed by atoms with Gasteiger partial charge in [0.25, 0.3) is 5.91 Å². The second kappa shape index (κ2) is 10.8. The lowest BCUT2D eigenvalue weighted by Gasteiger charge is -2.36. The van der Waals surface area contributed by atoms with Crippen LogP contribution in [0.4, 0.5) is 16.2 Å². The Kier molecular flexibility index (Phi) is 7.30. The average Bonchev–Trinajstić information content (AvgIpc) is 2.94. The van der Waals surface area contributed by atoms with E-state index in [9.17, 15) is 14.4 Å². The van der Waals surface area contributed by atoms with E-state index in [1.807, 2.05) is 81.4 Å². The molecule has 0 aliphatic heterocycles. The normalized spacial score (nSPS) is 16.1. The molecule has 1 aliphatic carbocycles. The zero-order valence-electron chi connectivity index (χ0n) is 23.2. The Morgan fingerprint density at radius 3 is 2.10 bits per heavy atom. The molecule has 0 spiro atoms. The lowest BCUT2D eigenvalue weighted by molar-refractivity contribution is -0.148.